The summed E-state index contributed by atoms with van der Waals surface area (Å²) in [6, 6.07) is 2.00. The lowest BCUT2D eigenvalue weighted by Crippen LogP contribution is -2.30. The molecule has 16 heavy (non-hydrogen) atoms. The minimum atomic E-state index is -1.05. The predicted octanol–water partition coefficient (Wildman–Crippen LogP) is 1.80. The molecule has 2 N–H and O–H groups in total. The Bertz CT molecular complexity index is 356. The number of rotatable bonds is 4. The molecule has 0 saturated heterocycles. The van der Waals surface area contributed by atoms with Crippen LogP contribution in [0.2, 0.25) is 0 Å². The maximum Gasteiger partial charge on any atom is 0.358 e. The number of nitrogens with zero attached hydrogens (tertiary/aromatic N) is 1. The lowest BCUT2D eigenvalue weighted by atomic mass is 9.95. The van der Waals surface area contributed by atoms with Crippen LogP contribution in [0.15, 0.2) is 10.6 Å². The number of carboxylic acid groups (broad SMARTS) is 1. The Hall–Kier alpha value is -1.36. The van der Waals surface area contributed by atoms with Gasteiger partial charge >= 0.3 is 5.97 Å². The van der Waals surface area contributed by atoms with E-state index in [4.69, 9.17) is 9.63 Å². The lowest BCUT2D eigenvalue weighted by molar-refractivity contribution is 0.0685. The first kappa shape index (κ1) is 11.1. The molecule has 0 radical (unpaired) electrons. The fraction of sp³-hybridized carbons (Fsp3) is 0.636. The van der Waals surface area contributed by atoms with Crippen molar-refractivity contribution in [2.24, 2.45) is 0 Å². The Balaban J connectivity index is 1.81. The Morgan fingerprint density at radius 2 is 2.25 bits per heavy atom. The summed E-state index contributed by atoms with van der Waals surface area (Å²) in [5.41, 5.74) is -0.0274. The van der Waals surface area contributed by atoms with Crippen LogP contribution in [0, 0.1) is 0 Å². The Morgan fingerprint density at radius 3 is 2.88 bits per heavy atom. The molecule has 1 aromatic rings. The minimum Gasteiger partial charge on any atom is -0.476 e. The molecule has 5 nitrogen and oxygen atoms in total. The van der Waals surface area contributed by atoms with Crippen molar-refractivity contribution >= 4 is 5.97 Å². The molecule has 1 saturated carbocycles. The van der Waals surface area contributed by atoms with E-state index in [1.54, 1.807) is 0 Å². The van der Waals surface area contributed by atoms with Crippen LogP contribution in [0.1, 0.15) is 48.4 Å². The van der Waals surface area contributed by atoms with Gasteiger partial charge in [-0.15, -0.1) is 0 Å². The second-order valence-electron chi connectivity index (χ2n) is 4.20. The summed E-state index contributed by atoms with van der Waals surface area (Å²) >= 11 is 0. The summed E-state index contributed by atoms with van der Waals surface area (Å²) in [7, 11) is 0. The van der Waals surface area contributed by atoms with Crippen molar-refractivity contribution in [1.29, 1.82) is 0 Å². The minimum absolute atomic E-state index is 0.0274. The van der Waals surface area contributed by atoms with Crippen molar-refractivity contribution in [3.05, 3.63) is 17.5 Å². The first-order chi connectivity index (χ1) is 7.75. The van der Waals surface area contributed by atoms with Crippen LogP contribution >= 0.6 is 0 Å². The predicted molar refractivity (Wildman–Crippen MR) is 57.2 cm³/mol. The van der Waals surface area contributed by atoms with E-state index in [0.29, 0.717) is 18.3 Å². The normalized spacial score (nSPS) is 17.5. The SMILES string of the molecule is O=C(O)c1cc(CNC2CCCCC2)on1. The average Bonchev–Trinajstić information content (AvgIpc) is 2.76. The Labute approximate surface area is 93.8 Å². The van der Waals surface area contributed by atoms with Crippen LogP contribution in [0.3, 0.4) is 0 Å². The highest BCUT2D eigenvalue weighted by molar-refractivity contribution is 5.85. The van der Waals surface area contributed by atoms with E-state index in [-0.39, 0.29) is 5.69 Å². The molecule has 0 spiro atoms. The van der Waals surface area contributed by atoms with Gasteiger partial charge in [-0.2, -0.15) is 0 Å². The van der Waals surface area contributed by atoms with Gasteiger partial charge in [0.15, 0.2) is 11.5 Å². The molecule has 0 bridgehead atoms. The highest BCUT2D eigenvalue weighted by Crippen LogP contribution is 2.17. The van der Waals surface area contributed by atoms with Gasteiger partial charge in [0, 0.05) is 12.1 Å². The topological polar surface area (TPSA) is 75.4 Å². The monoisotopic (exact) mass is 224 g/mol. The zero-order chi connectivity index (χ0) is 11.4. The van der Waals surface area contributed by atoms with Gasteiger partial charge in [0.25, 0.3) is 0 Å². The van der Waals surface area contributed by atoms with E-state index >= 15 is 0 Å². The van der Waals surface area contributed by atoms with Crippen molar-refractivity contribution in [3.63, 3.8) is 0 Å². The average molecular weight is 224 g/mol. The summed E-state index contributed by atoms with van der Waals surface area (Å²) in [6.45, 7) is 0.560. The third-order valence-electron chi connectivity index (χ3n) is 2.95. The molecule has 1 aliphatic rings. The summed E-state index contributed by atoms with van der Waals surface area (Å²) < 4.78 is 4.92. The molecule has 0 amide bonds. The number of hydrogen-bond donors (Lipinski definition) is 2. The summed E-state index contributed by atoms with van der Waals surface area (Å²) in [4.78, 5) is 10.6. The van der Waals surface area contributed by atoms with E-state index in [9.17, 15) is 4.79 Å². The fourth-order valence-electron chi connectivity index (χ4n) is 2.05. The highest BCUT2D eigenvalue weighted by Gasteiger charge is 2.15. The zero-order valence-electron chi connectivity index (χ0n) is 9.11. The van der Waals surface area contributed by atoms with Crippen molar-refractivity contribution in [1.82, 2.24) is 10.5 Å². The first-order valence-corrected chi connectivity index (χ1v) is 5.68. The number of aromatic nitrogens is 1. The van der Waals surface area contributed by atoms with Crippen LogP contribution in [-0.2, 0) is 6.54 Å². The van der Waals surface area contributed by atoms with E-state index in [0.717, 1.165) is 0 Å². The van der Waals surface area contributed by atoms with Crippen LogP contribution in [0.5, 0.6) is 0 Å². The molecule has 1 aliphatic carbocycles. The molecule has 88 valence electrons. The van der Waals surface area contributed by atoms with Gasteiger partial charge < -0.3 is 14.9 Å². The molecule has 0 unspecified atom stereocenters. The second-order valence-corrected chi connectivity index (χ2v) is 4.20. The molecule has 0 aliphatic heterocycles. The Kier molecular flexibility index (Phi) is 3.56. The molecule has 2 rings (SSSR count). The van der Waals surface area contributed by atoms with Crippen LogP contribution in [0.25, 0.3) is 0 Å². The van der Waals surface area contributed by atoms with E-state index in [1.165, 1.54) is 38.2 Å². The molecule has 1 fully saturated rings. The van der Waals surface area contributed by atoms with Crippen LogP contribution in [0.4, 0.5) is 0 Å². The number of carbonyl (C=O) groups is 1. The number of aromatic carboxylic acids is 1. The van der Waals surface area contributed by atoms with Gasteiger partial charge in [-0.1, -0.05) is 24.4 Å². The van der Waals surface area contributed by atoms with Crippen molar-refractivity contribution in [3.8, 4) is 0 Å². The fourth-order valence-corrected chi connectivity index (χ4v) is 2.05. The summed E-state index contributed by atoms with van der Waals surface area (Å²) in [5.74, 6) is -0.462. The van der Waals surface area contributed by atoms with Gasteiger partial charge in [-0.05, 0) is 12.8 Å². The zero-order valence-corrected chi connectivity index (χ0v) is 9.11. The summed E-state index contributed by atoms with van der Waals surface area (Å²) in [5, 5.41) is 15.5. The maximum atomic E-state index is 10.6. The first-order valence-electron chi connectivity index (χ1n) is 5.68. The molecule has 0 aromatic carbocycles. The maximum absolute atomic E-state index is 10.6. The van der Waals surface area contributed by atoms with Gasteiger partial charge in [0.1, 0.15) is 0 Å². The standard InChI is InChI=1S/C11H16N2O3/c14-11(15)10-6-9(16-13-10)7-12-8-4-2-1-3-5-8/h6,8,12H,1-5,7H2,(H,14,15). The van der Waals surface area contributed by atoms with Gasteiger partial charge in [0.05, 0.1) is 6.54 Å². The molecular weight excluding hydrogens is 208 g/mol. The lowest BCUT2D eigenvalue weighted by Gasteiger charge is -2.22. The van der Waals surface area contributed by atoms with Crippen molar-refractivity contribution in [2.45, 2.75) is 44.7 Å². The third-order valence-corrected chi connectivity index (χ3v) is 2.95. The van der Waals surface area contributed by atoms with E-state index in [1.807, 2.05) is 0 Å². The third kappa shape index (κ3) is 2.82. The second kappa shape index (κ2) is 5.12. The Morgan fingerprint density at radius 1 is 1.50 bits per heavy atom. The van der Waals surface area contributed by atoms with Crippen LogP contribution in [-0.4, -0.2) is 22.3 Å². The molecule has 5 heteroatoms. The van der Waals surface area contributed by atoms with Crippen molar-refractivity contribution in [2.75, 3.05) is 0 Å². The molecule has 1 heterocycles. The highest BCUT2D eigenvalue weighted by atomic mass is 16.5. The number of nitrogens with one attached hydrogen (secondary N) is 1. The van der Waals surface area contributed by atoms with Crippen molar-refractivity contribution < 1.29 is 14.4 Å². The quantitative estimate of drug-likeness (QED) is 0.815. The smallest absolute Gasteiger partial charge is 0.358 e. The summed E-state index contributed by atoms with van der Waals surface area (Å²) in [6.07, 6.45) is 6.26. The van der Waals surface area contributed by atoms with Gasteiger partial charge in [-0.25, -0.2) is 4.79 Å². The number of hydrogen-bond acceptors (Lipinski definition) is 4. The van der Waals surface area contributed by atoms with Gasteiger partial charge in [-0.3, -0.25) is 0 Å². The molecular formula is C11H16N2O3. The van der Waals surface area contributed by atoms with Crippen LogP contribution < -0.4 is 5.32 Å². The van der Waals surface area contributed by atoms with E-state index < -0.39 is 5.97 Å². The van der Waals surface area contributed by atoms with E-state index in [2.05, 4.69) is 10.5 Å². The number of carboxylic acids is 1. The molecule has 1 aromatic heterocycles. The molecule has 0 atom stereocenters. The van der Waals surface area contributed by atoms with Gasteiger partial charge in [0.2, 0.25) is 0 Å². The largest absolute Gasteiger partial charge is 0.476 e.